The van der Waals surface area contributed by atoms with Gasteiger partial charge in [-0.1, -0.05) is 26.3 Å². The van der Waals surface area contributed by atoms with Crippen LogP contribution in [0.1, 0.15) is 37.8 Å². The minimum atomic E-state index is 0.312. The van der Waals surface area contributed by atoms with Gasteiger partial charge >= 0.3 is 0 Å². The molecule has 0 saturated carbocycles. The lowest BCUT2D eigenvalue weighted by Crippen LogP contribution is -1.88. The van der Waals surface area contributed by atoms with E-state index in [0.717, 1.165) is 31.4 Å². The molecule has 0 heterocycles. The summed E-state index contributed by atoms with van der Waals surface area (Å²) >= 11 is 0. The summed E-state index contributed by atoms with van der Waals surface area (Å²) < 4.78 is 0. The van der Waals surface area contributed by atoms with Crippen molar-refractivity contribution in [3.63, 3.8) is 0 Å². The number of phenolic OH excluding ortho intramolecular Hbond substituents is 1. The zero-order chi connectivity index (χ0) is 11.1. The van der Waals surface area contributed by atoms with Crippen LogP contribution in [0.25, 0.3) is 0 Å². The van der Waals surface area contributed by atoms with E-state index in [2.05, 4.69) is 18.8 Å². The number of benzene rings is 1. The van der Waals surface area contributed by atoms with Crippen molar-refractivity contribution in [1.82, 2.24) is 0 Å². The molecule has 0 unspecified atom stereocenters. The molecule has 0 amide bonds. The zero-order valence-corrected chi connectivity index (χ0v) is 9.53. The number of hydrogen-bond acceptors (Lipinski definition) is 2. The van der Waals surface area contributed by atoms with Crippen molar-refractivity contribution >= 4 is 6.21 Å². The van der Waals surface area contributed by atoms with Gasteiger partial charge in [-0.2, -0.15) is 0 Å². The van der Waals surface area contributed by atoms with Crippen LogP contribution in [0, 0.1) is 0 Å². The highest BCUT2D eigenvalue weighted by atomic mass is 16.3. The molecule has 1 aromatic carbocycles. The highest BCUT2D eigenvalue weighted by Crippen LogP contribution is 2.16. The van der Waals surface area contributed by atoms with Gasteiger partial charge in [-0.15, -0.1) is 0 Å². The van der Waals surface area contributed by atoms with Crippen LogP contribution >= 0.6 is 0 Å². The summed E-state index contributed by atoms with van der Waals surface area (Å²) in [6.07, 6.45) is 5.00. The van der Waals surface area contributed by atoms with Gasteiger partial charge in [-0.3, -0.25) is 4.99 Å². The molecule has 2 nitrogen and oxygen atoms in total. The van der Waals surface area contributed by atoms with Crippen LogP contribution in [-0.2, 0) is 6.42 Å². The largest absolute Gasteiger partial charge is 0.507 e. The standard InChI is InChI=1S/C13H19NO/c1-3-5-8-14-10-12-9-11(4-2)6-7-13(12)15/h6-7,9-10,15H,3-5,8H2,1-2H3. The van der Waals surface area contributed by atoms with E-state index >= 15 is 0 Å². The van der Waals surface area contributed by atoms with Crippen LogP contribution in [0.3, 0.4) is 0 Å². The number of aliphatic imine (C=N–C) groups is 1. The summed E-state index contributed by atoms with van der Waals surface area (Å²) in [5.41, 5.74) is 2.05. The Morgan fingerprint density at radius 3 is 2.80 bits per heavy atom. The molecule has 2 heteroatoms. The summed E-state index contributed by atoms with van der Waals surface area (Å²) in [4.78, 5) is 4.28. The van der Waals surface area contributed by atoms with E-state index in [1.54, 1.807) is 12.3 Å². The van der Waals surface area contributed by atoms with Gasteiger partial charge in [0.05, 0.1) is 0 Å². The molecular weight excluding hydrogens is 186 g/mol. The average Bonchev–Trinajstić information content (AvgIpc) is 2.26. The van der Waals surface area contributed by atoms with Gasteiger partial charge in [0.1, 0.15) is 5.75 Å². The monoisotopic (exact) mass is 205 g/mol. The van der Waals surface area contributed by atoms with Crippen LogP contribution in [-0.4, -0.2) is 17.9 Å². The second-order valence-corrected chi connectivity index (χ2v) is 3.64. The van der Waals surface area contributed by atoms with Crippen molar-refractivity contribution in [3.8, 4) is 5.75 Å². The van der Waals surface area contributed by atoms with E-state index < -0.39 is 0 Å². The molecule has 0 aromatic heterocycles. The molecule has 0 atom stereocenters. The Morgan fingerprint density at radius 1 is 1.33 bits per heavy atom. The second-order valence-electron chi connectivity index (χ2n) is 3.64. The fourth-order valence-electron chi connectivity index (χ4n) is 1.34. The summed E-state index contributed by atoms with van der Waals surface area (Å²) in [5, 5.41) is 9.60. The summed E-state index contributed by atoms with van der Waals surface area (Å²) in [6, 6.07) is 5.67. The van der Waals surface area contributed by atoms with E-state index in [4.69, 9.17) is 0 Å². The Bertz CT molecular complexity index is 331. The average molecular weight is 205 g/mol. The predicted molar refractivity (Wildman–Crippen MR) is 64.9 cm³/mol. The molecule has 0 spiro atoms. The molecule has 82 valence electrons. The minimum absolute atomic E-state index is 0.312. The first-order valence-corrected chi connectivity index (χ1v) is 5.59. The second kappa shape index (κ2) is 6.23. The van der Waals surface area contributed by atoms with Gasteiger partial charge in [0.15, 0.2) is 0 Å². The normalized spacial score (nSPS) is 11.1. The molecule has 15 heavy (non-hydrogen) atoms. The highest BCUT2D eigenvalue weighted by Gasteiger charge is 1.98. The van der Waals surface area contributed by atoms with Crippen LogP contribution in [0.2, 0.25) is 0 Å². The number of hydrogen-bond donors (Lipinski definition) is 1. The molecule has 1 N–H and O–H groups in total. The smallest absolute Gasteiger partial charge is 0.124 e. The van der Waals surface area contributed by atoms with E-state index in [9.17, 15) is 5.11 Å². The molecule has 0 aliphatic rings. The molecule has 0 radical (unpaired) electrons. The van der Waals surface area contributed by atoms with Crippen molar-refractivity contribution in [3.05, 3.63) is 29.3 Å². The fourth-order valence-corrected chi connectivity index (χ4v) is 1.34. The molecule has 0 aliphatic carbocycles. The highest BCUT2D eigenvalue weighted by molar-refractivity contribution is 5.83. The third-order valence-corrected chi connectivity index (χ3v) is 2.37. The van der Waals surface area contributed by atoms with Crippen molar-refractivity contribution < 1.29 is 5.11 Å². The third-order valence-electron chi connectivity index (χ3n) is 2.37. The zero-order valence-electron chi connectivity index (χ0n) is 9.53. The van der Waals surface area contributed by atoms with Crippen molar-refractivity contribution in [2.75, 3.05) is 6.54 Å². The summed E-state index contributed by atoms with van der Waals surface area (Å²) in [7, 11) is 0. The third kappa shape index (κ3) is 3.74. The first-order valence-electron chi connectivity index (χ1n) is 5.59. The van der Waals surface area contributed by atoms with E-state index in [0.29, 0.717) is 5.75 Å². The Labute approximate surface area is 91.7 Å². The lowest BCUT2D eigenvalue weighted by molar-refractivity contribution is 0.474. The van der Waals surface area contributed by atoms with Gasteiger partial charge < -0.3 is 5.11 Å². The SMILES string of the molecule is CCCCN=Cc1cc(CC)ccc1O. The Morgan fingerprint density at radius 2 is 2.13 bits per heavy atom. The van der Waals surface area contributed by atoms with E-state index in [1.807, 2.05) is 12.1 Å². The minimum Gasteiger partial charge on any atom is -0.507 e. The molecule has 0 fully saturated rings. The van der Waals surface area contributed by atoms with Crippen LogP contribution in [0.5, 0.6) is 5.75 Å². The summed E-state index contributed by atoms with van der Waals surface area (Å²) in [5.74, 6) is 0.312. The molecule has 1 rings (SSSR count). The van der Waals surface area contributed by atoms with Crippen LogP contribution in [0.4, 0.5) is 0 Å². The fraction of sp³-hybridized carbons (Fsp3) is 0.462. The lowest BCUT2D eigenvalue weighted by atomic mass is 10.1. The molecular formula is C13H19NO. The van der Waals surface area contributed by atoms with Crippen LogP contribution in [0.15, 0.2) is 23.2 Å². The maximum atomic E-state index is 9.60. The van der Waals surface area contributed by atoms with Gasteiger partial charge in [0.25, 0.3) is 0 Å². The number of phenols is 1. The van der Waals surface area contributed by atoms with Crippen molar-refractivity contribution in [1.29, 1.82) is 0 Å². The van der Waals surface area contributed by atoms with Gasteiger partial charge in [0, 0.05) is 18.3 Å². The molecule has 0 saturated heterocycles. The van der Waals surface area contributed by atoms with Crippen LogP contribution < -0.4 is 0 Å². The Balaban J connectivity index is 2.70. The van der Waals surface area contributed by atoms with E-state index in [-0.39, 0.29) is 0 Å². The molecule has 0 aliphatic heterocycles. The van der Waals surface area contributed by atoms with Crippen molar-refractivity contribution in [2.45, 2.75) is 33.1 Å². The predicted octanol–water partition coefficient (Wildman–Crippen LogP) is 3.17. The maximum absolute atomic E-state index is 9.60. The van der Waals surface area contributed by atoms with Gasteiger partial charge in [0.2, 0.25) is 0 Å². The number of unbranched alkanes of at least 4 members (excludes halogenated alkanes) is 1. The summed E-state index contributed by atoms with van der Waals surface area (Å²) in [6.45, 7) is 5.08. The number of nitrogens with zero attached hydrogens (tertiary/aromatic N) is 1. The Kier molecular flexibility index (Phi) is 4.88. The lowest BCUT2D eigenvalue weighted by Gasteiger charge is -2.01. The Hall–Kier alpha value is -1.31. The maximum Gasteiger partial charge on any atom is 0.124 e. The molecule has 0 bridgehead atoms. The number of aromatic hydroxyl groups is 1. The van der Waals surface area contributed by atoms with Crippen molar-refractivity contribution in [2.24, 2.45) is 4.99 Å². The van der Waals surface area contributed by atoms with Gasteiger partial charge in [-0.05, 0) is 30.5 Å². The number of aryl methyl sites for hydroxylation is 1. The first-order chi connectivity index (χ1) is 7.27. The first kappa shape index (κ1) is 11.8. The van der Waals surface area contributed by atoms with E-state index in [1.165, 1.54) is 5.56 Å². The number of rotatable bonds is 5. The van der Waals surface area contributed by atoms with Gasteiger partial charge in [-0.25, -0.2) is 0 Å². The quantitative estimate of drug-likeness (QED) is 0.581. The topological polar surface area (TPSA) is 32.6 Å². The molecule has 1 aromatic rings.